The van der Waals surface area contributed by atoms with Gasteiger partial charge in [-0.15, -0.1) is 0 Å². The van der Waals surface area contributed by atoms with E-state index in [1.807, 2.05) is 6.07 Å². The highest BCUT2D eigenvalue weighted by atomic mass is 16.5. The van der Waals surface area contributed by atoms with Crippen LogP contribution in [0.2, 0.25) is 0 Å². The van der Waals surface area contributed by atoms with Gasteiger partial charge in [-0.25, -0.2) is 9.97 Å². The number of hydrogen-bond acceptors (Lipinski definition) is 5. The van der Waals surface area contributed by atoms with Crippen LogP contribution in [0.3, 0.4) is 0 Å². The minimum absolute atomic E-state index is 0.597. The van der Waals surface area contributed by atoms with Crippen LogP contribution in [0.15, 0.2) is 12.4 Å². The lowest BCUT2D eigenvalue weighted by Gasteiger charge is -2.30. The van der Waals surface area contributed by atoms with Crippen LogP contribution in [-0.2, 0) is 0 Å². The summed E-state index contributed by atoms with van der Waals surface area (Å²) in [6.45, 7) is 6.75. The molecule has 0 amide bonds. The quantitative estimate of drug-likeness (QED) is 0.860. The second-order valence-electron chi connectivity index (χ2n) is 4.90. The number of hydrogen-bond donors (Lipinski definition) is 1. The summed E-state index contributed by atoms with van der Waals surface area (Å²) >= 11 is 0. The zero-order valence-electron chi connectivity index (χ0n) is 11.2. The topological polar surface area (TPSA) is 50.3 Å². The van der Waals surface area contributed by atoms with Gasteiger partial charge in [-0.3, -0.25) is 0 Å². The van der Waals surface area contributed by atoms with Crippen molar-refractivity contribution < 1.29 is 4.74 Å². The average molecular weight is 250 g/mol. The van der Waals surface area contributed by atoms with Gasteiger partial charge in [-0.2, -0.15) is 0 Å². The van der Waals surface area contributed by atoms with Gasteiger partial charge in [0.2, 0.25) is 5.88 Å². The van der Waals surface area contributed by atoms with E-state index >= 15 is 0 Å². The number of methoxy groups -OCH3 is 1. The second kappa shape index (κ2) is 6.54. The van der Waals surface area contributed by atoms with E-state index in [2.05, 4.69) is 27.1 Å². The molecule has 0 aliphatic carbocycles. The summed E-state index contributed by atoms with van der Waals surface area (Å²) in [6.07, 6.45) is 4.16. The minimum atomic E-state index is 0.597. The summed E-state index contributed by atoms with van der Waals surface area (Å²) in [4.78, 5) is 10.6. The lowest BCUT2D eigenvalue weighted by molar-refractivity contribution is 0.199. The average Bonchev–Trinajstić information content (AvgIpc) is 2.41. The summed E-state index contributed by atoms with van der Waals surface area (Å²) in [7, 11) is 1.61. The van der Waals surface area contributed by atoms with E-state index in [0.29, 0.717) is 5.88 Å². The molecule has 0 aromatic carbocycles. The van der Waals surface area contributed by atoms with Crippen LogP contribution in [0.4, 0.5) is 5.82 Å². The third kappa shape index (κ3) is 3.84. The first-order valence-electron chi connectivity index (χ1n) is 6.60. The monoisotopic (exact) mass is 250 g/mol. The molecule has 1 aromatic heterocycles. The Labute approximate surface area is 109 Å². The highest BCUT2D eigenvalue weighted by Gasteiger charge is 2.14. The first kappa shape index (κ1) is 13.1. The zero-order chi connectivity index (χ0) is 12.8. The number of likely N-dealkylation sites (tertiary alicyclic amines) is 1. The maximum Gasteiger partial charge on any atom is 0.218 e. The molecule has 1 aliphatic heterocycles. The Morgan fingerprint density at radius 3 is 2.89 bits per heavy atom. The van der Waals surface area contributed by atoms with Gasteiger partial charge in [0, 0.05) is 19.2 Å². The van der Waals surface area contributed by atoms with Gasteiger partial charge in [0.25, 0.3) is 0 Å². The molecule has 2 rings (SSSR count). The SMILES string of the molecule is COc1cc(NCCN2CCC(C)CC2)ncn1. The molecule has 0 unspecified atom stereocenters. The summed E-state index contributed by atoms with van der Waals surface area (Å²) in [5.74, 6) is 2.31. The second-order valence-corrected chi connectivity index (χ2v) is 4.90. The van der Waals surface area contributed by atoms with Crippen LogP contribution in [0.5, 0.6) is 5.88 Å². The van der Waals surface area contributed by atoms with Crippen LogP contribution in [0.1, 0.15) is 19.8 Å². The summed E-state index contributed by atoms with van der Waals surface area (Å²) in [5, 5.41) is 3.31. The van der Waals surface area contributed by atoms with Crippen molar-refractivity contribution >= 4 is 5.82 Å². The van der Waals surface area contributed by atoms with Gasteiger partial charge in [-0.05, 0) is 31.8 Å². The van der Waals surface area contributed by atoms with Gasteiger partial charge < -0.3 is 15.0 Å². The molecule has 1 fully saturated rings. The Morgan fingerprint density at radius 1 is 1.39 bits per heavy atom. The Morgan fingerprint density at radius 2 is 2.17 bits per heavy atom. The maximum atomic E-state index is 5.06. The maximum absolute atomic E-state index is 5.06. The third-order valence-electron chi connectivity index (χ3n) is 3.46. The van der Waals surface area contributed by atoms with E-state index in [1.165, 1.54) is 32.3 Å². The standard InChI is InChI=1S/C13H22N4O/c1-11-3-6-17(7-4-11)8-5-14-12-9-13(18-2)16-10-15-12/h9-11H,3-8H2,1-2H3,(H,14,15,16). The van der Waals surface area contributed by atoms with Crippen LogP contribution in [0.25, 0.3) is 0 Å². The molecule has 5 heteroatoms. The number of nitrogens with zero attached hydrogens (tertiary/aromatic N) is 3. The van der Waals surface area contributed by atoms with Crippen LogP contribution >= 0.6 is 0 Å². The fourth-order valence-electron chi connectivity index (χ4n) is 2.18. The number of ether oxygens (including phenoxy) is 1. The molecule has 18 heavy (non-hydrogen) atoms. The smallest absolute Gasteiger partial charge is 0.218 e. The van der Waals surface area contributed by atoms with Gasteiger partial charge in [0.1, 0.15) is 12.1 Å². The molecule has 0 saturated carbocycles. The lowest BCUT2D eigenvalue weighted by Crippen LogP contribution is -2.36. The predicted octanol–water partition coefficient (Wildman–Crippen LogP) is 1.63. The van der Waals surface area contributed by atoms with Crippen molar-refractivity contribution in [1.82, 2.24) is 14.9 Å². The number of anilines is 1. The van der Waals surface area contributed by atoms with Crippen molar-refractivity contribution in [2.24, 2.45) is 5.92 Å². The van der Waals surface area contributed by atoms with E-state index in [0.717, 1.165) is 24.8 Å². The van der Waals surface area contributed by atoms with Crippen molar-refractivity contribution in [3.63, 3.8) is 0 Å². The normalized spacial score (nSPS) is 17.7. The largest absolute Gasteiger partial charge is 0.481 e. The molecule has 100 valence electrons. The van der Waals surface area contributed by atoms with Crippen LogP contribution < -0.4 is 10.1 Å². The van der Waals surface area contributed by atoms with Crippen molar-refractivity contribution in [3.8, 4) is 5.88 Å². The summed E-state index contributed by atoms with van der Waals surface area (Å²) < 4.78 is 5.06. The van der Waals surface area contributed by atoms with E-state index < -0.39 is 0 Å². The van der Waals surface area contributed by atoms with E-state index in [4.69, 9.17) is 4.74 Å². The van der Waals surface area contributed by atoms with Gasteiger partial charge in [0.15, 0.2) is 0 Å². The van der Waals surface area contributed by atoms with Gasteiger partial charge in [-0.1, -0.05) is 6.92 Å². The Kier molecular flexibility index (Phi) is 4.75. The first-order valence-corrected chi connectivity index (χ1v) is 6.60. The molecule has 2 heterocycles. The highest BCUT2D eigenvalue weighted by molar-refractivity contribution is 5.36. The van der Waals surface area contributed by atoms with E-state index in [1.54, 1.807) is 7.11 Å². The molecule has 5 nitrogen and oxygen atoms in total. The predicted molar refractivity (Wildman–Crippen MR) is 71.9 cm³/mol. The minimum Gasteiger partial charge on any atom is -0.481 e. The highest BCUT2D eigenvalue weighted by Crippen LogP contribution is 2.15. The molecule has 1 saturated heterocycles. The number of nitrogens with one attached hydrogen (secondary N) is 1. The number of aromatic nitrogens is 2. The molecule has 0 bridgehead atoms. The molecule has 1 aromatic rings. The summed E-state index contributed by atoms with van der Waals surface area (Å²) in [6, 6.07) is 1.82. The fraction of sp³-hybridized carbons (Fsp3) is 0.692. The van der Waals surface area contributed by atoms with Crippen molar-refractivity contribution in [1.29, 1.82) is 0 Å². The van der Waals surface area contributed by atoms with Gasteiger partial charge >= 0.3 is 0 Å². The first-order chi connectivity index (χ1) is 8.78. The Balaban J connectivity index is 1.71. The molecular weight excluding hydrogens is 228 g/mol. The molecule has 0 spiro atoms. The third-order valence-corrected chi connectivity index (χ3v) is 3.46. The van der Waals surface area contributed by atoms with Crippen molar-refractivity contribution in [2.45, 2.75) is 19.8 Å². The van der Waals surface area contributed by atoms with E-state index in [-0.39, 0.29) is 0 Å². The lowest BCUT2D eigenvalue weighted by atomic mass is 9.99. The fourth-order valence-corrected chi connectivity index (χ4v) is 2.18. The Hall–Kier alpha value is -1.36. The van der Waals surface area contributed by atoms with Crippen LogP contribution in [-0.4, -0.2) is 48.2 Å². The van der Waals surface area contributed by atoms with Crippen molar-refractivity contribution in [2.75, 3.05) is 38.6 Å². The summed E-state index contributed by atoms with van der Waals surface area (Å²) in [5.41, 5.74) is 0. The molecule has 1 N–H and O–H groups in total. The zero-order valence-corrected chi connectivity index (χ0v) is 11.2. The van der Waals surface area contributed by atoms with E-state index in [9.17, 15) is 0 Å². The number of piperidine rings is 1. The number of rotatable bonds is 5. The van der Waals surface area contributed by atoms with Crippen molar-refractivity contribution in [3.05, 3.63) is 12.4 Å². The molecule has 0 radical (unpaired) electrons. The molecule has 0 atom stereocenters. The van der Waals surface area contributed by atoms with Gasteiger partial charge in [0.05, 0.1) is 7.11 Å². The van der Waals surface area contributed by atoms with Crippen LogP contribution in [0, 0.1) is 5.92 Å². The molecule has 1 aliphatic rings. The Bertz CT molecular complexity index is 364. The molecular formula is C13H22N4O.